The predicted molar refractivity (Wildman–Crippen MR) is 56.3 cm³/mol. The molecule has 1 saturated heterocycles. The van der Waals surface area contributed by atoms with E-state index < -0.39 is 0 Å². The largest absolute Gasteiger partial charge is 0.352 e. The minimum absolute atomic E-state index is 0.0972. The first kappa shape index (κ1) is 9.65. The van der Waals surface area contributed by atoms with Crippen molar-refractivity contribution in [3.05, 3.63) is 16.6 Å². The zero-order valence-corrected chi connectivity index (χ0v) is 9.23. The lowest BCUT2D eigenvalue weighted by Gasteiger charge is -2.26. The lowest BCUT2D eigenvalue weighted by atomic mass is 9.82. The standard InChI is InChI=1S/C10H14N2OS/c1-3-7-10(2,6-8(13)12-7)9-11-4-5-14-9/h4-5,7H,3,6H2,1-2H3,(H,12,13). The average molecular weight is 210 g/mol. The van der Waals surface area contributed by atoms with E-state index in [1.807, 2.05) is 5.38 Å². The Labute approximate surface area is 87.6 Å². The number of carbonyl (C=O) groups is 1. The topological polar surface area (TPSA) is 42.0 Å². The first-order valence-corrected chi connectivity index (χ1v) is 5.74. The van der Waals surface area contributed by atoms with Gasteiger partial charge in [0, 0.05) is 29.5 Å². The summed E-state index contributed by atoms with van der Waals surface area (Å²) in [6.07, 6.45) is 3.33. The van der Waals surface area contributed by atoms with Gasteiger partial charge in [0.2, 0.25) is 5.91 Å². The molecule has 2 unspecified atom stereocenters. The summed E-state index contributed by atoms with van der Waals surface area (Å²) in [7, 11) is 0. The second-order valence-corrected chi connectivity index (χ2v) is 4.85. The van der Waals surface area contributed by atoms with Gasteiger partial charge in [-0.2, -0.15) is 0 Å². The maximum Gasteiger partial charge on any atom is 0.221 e. The van der Waals surface area contributed by atoms with Gasteiger partial charge in [0.05, 0.1) is 0 Å². The zero-order chi connectivity index (χ0) is 10.2. The van der Waals surface area contributed by atoms with E-state index in [0.717, 1.165) is 11.4 Å². The first-order valence-electron chi connectivity index (χ1n) is 4.86. The van der Waals surface area contributed by atoms with E-state index >= 15 is 0 Å². The zero-order valence-electron chi connectivity index (χ0n) is 8.41. The number of thiazole rings is 1. The van der Waals surface area contributed by atoms with Gasteiger partial charge in [-0.1, -0.05) is 13.8 Å². The highest BCUT2D eigenvalue weighted by Gasteiger charge is 2.45. The molecule has 0 spiro atoms. The SMILES string of the molecule is CCC1NC(=O)CC1(C)c1nccs1. The summed E-state index contributed by atoms with van der Waals surface area (Å²) in [5.74, 6) is 0.148. The first-order chi connectivity index (χ1) is 6.66. The molecule has 76 valence electrons. The summed E-state index contributed by atoms with van der Waals surface area (Å²) in [4.78, 5) is 15.7. The van der Waals surface area contributed by atoms with Crippen LogP contribution in [-0.2, 0) is 10.2 Å². The molecule has 1 aromatic rings. The number of aromatic nitrogens is 1. The smallest absolute Gasteiger partial charge is 0.221 e. The molecule has 1 N–H and O–H groups in total. The van der Waals surface area contributed by atoms with Gasteiger partial charge in [-0.05, 0) is 6.42 Å². The van der Waals surface area contributed by atoms with Crippen molar-refractivity contribution < 1.29 is 4.79 Å². The number of carbonyl (C=O) groups excluding carboxylic acids is 1. The van der Waals surface area contributed by atoms with E-state index in [2.05, 4.69) is 24.1 Å². The maximum absolute atomic E-state index is 11.4. The Balaban J connectivity index is 2.34. The lowest BCUT2D eigenvalue weighted by molar-refractivity contribution is -0.119. The molecule has 0 bridgehead atoms. The van der Waals surface area contributed by atoms with E-state index in [1.165, 1.54) is 0 Å². The Kier molecular flexibility index (Phi) is 2.31. The Morgan fingerprint density at radius 1 is 1.79 bits per heavy atom. The molecule has 1 aliphatic rings. The minimum Gasteiger partial charge on any atom is -0.352 e. The van der Waals surface area contributed by atoms with Crippen molar-refractivity contribution in [2.24, 2.45) is 0 Å². The molecule has 0 saturated carbocycles. The summed E-state index contributed by atoms with van der Waals surface area (Å²) in [6.45, 7) is 4.22. The molecule has 2 rings (SSSR count). The highest BCUT2D eigenvalue weighted by Crippen LogP contribution is 2.37. The van der Waals surface area contributed by atoms with Gasteiger partial charge >= 0.3 is 0 Å². The van der Waals surface area contributed by atoms with Crippen molar-refractivity contribution >= 4 is 17.2 Å². The Hall–Kier alpha value is -0.900. The van der Waals surface area contributed by atoms with Crippen LogP contribution in [0.1, 0.15) is 31.7 Å². The third-order valence-electron chi connectivity index (χ3n) is 2.96. The minimum atomic E-state index is -0.0972. The Morgan fingerprint density at radius 2 is 2.57 bits per heavy atom. The molecule has 1 fully saturated rings. The molecular weight excluding hydrogens is 196 g/mol. The van der Waals surface area contributed by atoms with Crippen molar-refractivity contribution in [2.45, 2.75) is 38.1 Å². The molecular formula is C10H14N2OS. The highest BCUT2D eigenvalue weighted by atomic mass is 32.1. The van der Waals surface area contributed by atoms with E-state index in [0.29, 0.717) is 6.42 Å². The van der Waals surface area contributed by atoms with Crippen LogP contribution in [0.4, 0.5) is 0 Å². The van der Waals surface area contributed by atoms with Crippen molar-refractivity contribution in [2.75, 3.05) is 0 Å². The van der Waals surface area contributed by atoms with Gasteiger partial charge in [0.15, 0.2) is 0 Å². The third-order valence-corrected chi connectivity index (χ3v) is 4.01. The summed E-state index contributed by atoms with van der Waals surface area (Å²) in [5.41, 5.74) is -0.0972. The van der Waals surface area contributed by atoms with Crippen LogP contribution >= 0.6 is 11.3 Å². The van der Waals surface area contributed by atoms with Gasteiger partial charge in [-0.15, -0.1) is 11.3 Å². The number of amides is 1. The summed E-state index contributed by atoms with van der Waals surface area (Å²) in [6, 6.07) is 0.237. The quantitative estimate of drug-likeness (QED) is 0.807. The Bertz CT molecular complexity index is 336. The molecule has 0 radical (unpaired) electrons. The second kappa shape index (κ2) is 3.35. The number of nitrogens with zero attached hydrogens (tertiary/aromatic N) is 1. The molecule has 1 aromatic heterocycles. The molecule has 2 atom stereocenters. The van der Waals surface area contributed by atoms with Crippen LogP contribution in [-0.4, -0.2) is 16.9 Å². The number of rotatable bonds is 2. The lowest BCUT2D eigenvalue weighted by Crippen LogP contribution is -2.37. The molecule has 1 amide bonds. The molecule has 2 heterocycles. The maximum atomic E-state index is 11.4. The third kappa shape index (κ3) is 1.34. The molecule has 14 heavy (non-hydrogen) atoms. The van der Waals surface area contributed by atoms with Crippen LogP contribution in [0.3, 0.4) is 0 Å². The second-order valence-electron chi connectivity index (χ2n) is 3.96. The highest BCUT2D eigenvalue weighted by molar-refractivity contribution is 7.09. The number of hydrogen-bond donors (Lipinski definition) is 1. The molecule has 1 aliphatic heterocycles. The summed E-state index contributed by atoms with van der Waals surface area (Å²) >= 11 is 1.64. The molecule has 0 aromatic carbocycles. The van der Waals surface area contributed by atoms with Crippen LogP contribution < -0.4 is 5.32 Å². The fraction of sp³-hybridized carbons (Fsp3) is 0.600. The van der Waals surface area contributed by atoms with E-state index in [4.69, 9.17) is 0 Å². The molecule has 0 aliphatic carbocycles. The van der Waals surface area contributed by atoms with Crippen molar-refractivity contribution in [3.8, 4) is 0 Å². The van der Waals surface area contributed by atoms with Crippen LogP contribution in [0.15, 0.2) is 11.6 Å². The molecule has 4 heteroatoms. The number of nitrogens with one attached hydrogen (secondary N) is 1. The van der Waals surface area contributed by atoms with Gasteiger partial charge in [-0.3, -0.25) is 4.79 Å². The van der Waals surface area contributed by atoms with Crippen LogP contribution in [0.2, 0.25) is 0 Å². The van der Waals surface area contributed by atoms with Crippen molar-refractivity contribution in [1.82, 2.24) is 10.3 Å². The molecule has 3 nitrogen and oxygen atoms in total. The van der Waals surface area contributed by atoms with Gasteiger partial charge in [0.25, 0.3) is 0 Å². The predicted octanol–water partition coefficient (Wildman–Crippen LogP) is 1.70. The summed E-state index contributed by atoms with van der Waals surface area (Å²) in [5, 5.41) is 6.05. The normalized spacial score (nSPS) is 31.9. The van der Waals surface area contributed by atoms with Gasteiger partial charge in [-0.25, -0.2) is 4.98 Å². The van der Waals surface area contributed by atoms with Gasteiger partial charge in [0.1, 0.15) is 5.01 Å². The van der Waals surface area contributed by atoms with Crippen molar-refractivity contribution in [3.63, 3.8) is 0 Å². The summed E-state index contributed by atoms with van der Waals surface area (Å²) < 4.78 is 0. The monoisotopic (exact) mass is 210 g/mol. The van der Waals surface area contributed by atoms with Crippen molar-refractivity contribution in [1.29, 1.82) is 0 Å². The van der Waals surface area contributed by atoms with Crippen LogP contribution in [0.5, 0.6) is 0 Å². The van der Waals surface area contributed by atoms with E-state index in [9.17, 15) is 4.79 Å². The fourth-order valence-corrected chi connectivity index (χ4v) is 3.00. The van der Waals surface area contributed by atoms with E-state index in [1.54, 1.807) is 17.5 Å². The Morgan fingerprint density at radius 3 is 3.14 bits per heavy atom. The number of hydrogen-bond acceptors (Lipinski definition) is 3. The fourth-order valence-electron chi connectivity index (χ4n) is 2.14. The average Bonchev–Trinajstić information content (AvgIpc) is 2.73. The van der Waals surface area contributed by atoms with Gasteiger partial charge < -0.3 is 5.32 Å². The van der Waals surface area contributed by atoms with Crippen LogP contribution in [0.25, 0.3) is 0 Å². The van der Waals surface area contributed by atoms with Crippen LogP contribution in [0, 0.1) is 0 Å². The van der Waals surface area contributed by atoms with E-state index in [-0.39, 0.29) is 17.4 Å².